The molecule has 1 aromatic rings. The minimum absolute atomic E-state index is 0.284. The van der Waals surface area contributed by atoms with E-state index in [2.05, 4.69) is 34.9 Å². The molecule has 1 N–H and O–H groups in total. The van der Waals surface area contributed by atoms with E-state index in [9.17, 15) is 5.11 Å². The van der Waals surface area contributed by atoms with Crippen LogP contribution < -0.4 is 0 Å². The van der Waals surface area contributed by atoms with Gasteiger partial charge >= 0.3 is 0 Å². The number of hydrogen-bond donors (Lipinski definition) is 1. The lowest BCUT2D eigenvalue weighted by molar-refractivity contribution is -0.0336. The first-order chi connectivity index (χ1) is 9.01. The van der Waals surface area contributed by atoms with Gasteiger partial charge < -0.3 is 5.11 Å². The van der Waals surface area contributed by atoms with Crippen molar-refractivity contribution in [1.29, 1.82) is 0 Å². The van der Waals surface area contributed by atoms with Gasteiger partial charge in [0.2, 0.25) is 0 Å². The fraction of sp³-hybridized carbons (Fsp3) is 0.800. The Labute approximate surface area is 123 Å². The van der Waals surface area contributed by atoms with Crippen molar-refractivity contribution in [2.75, 3.05) is 0 Å². The van der Waals surface area contributed by atoms with Crippen molar-refractivity contribution in [2.24, 2.45) is 11.8 Å². The van der Waals surface area contributed by atoms with Crippen LogP contribution in [0.3, 0.4) is 0 Å². The Balaban J connectivity index is 1.92. The lowest BCUT2D eigenvalue weighted by Crippen LogP contribution is -2.36. The highest BCUT2D eigenvalue weighted by Crippen LogP contribution is 2.50. The first kappa shape index (κ1) is 13.6. The molecule has 0 radical (unpaired) electrons. The molecule has 0 saturated heterocycles. The number of rotatable bonds is 3. The molecule has 0 aliphatic heterocycles. The van der Waals surface area contributed by atoms with E-state index < -0.39 is 5.60 Å². The van der Waals surface area contributed by atoms with Gasteiger partial charge in [-0.3, -0.25) is 4.68 Å². The maximum absolute atomic E-state index is 11.2. The van der Waals surface area contributed by atoms with E-state index in [0.717, 1.165) is 35.3 Å². The Hall–Kier alpha value is -0.350. The summed E-state index contributed by atoms with van der Waals surface area (Å²) in [6.45, 7) is 4.24. The molecule has 0 amide bonds. The van der Waals surface area contributed by atoms with Crippen LogP contribution in [0.1, 0.15) is 64.1 Å². The molecule has 106 valence electrons. The summed E-state index contributed by atoms with van der Waals surface area (Å²) in [7, 11) is 0. The van der Waals surface area contributed by atoms with Gasteiger partial charge in [0.05, 0.1) is 16.4 Å². The summed E-state index contributed by atoms with van der Waals surface area (Å²) in [6.07, 6.45) is 8.76. The summed E-state index contributed by atoms with van der Waals surface area (Å²) in [6, 6.07) is 0.284. The van der Waals surface area contributed by atoms with Crippen LogP contribution in [-0.4, -0.2) is 14.9 Å². The van der Waals surface area contributed by atoms with E-state index >= 15 is 0 Å². The standard InChI is InChI=1S/C15H23BrN2O/c1-10(2)18-14(13(16)9-17-18)15(19)7-3-4-12(8-15)11-5-6-11/h9-12,19H,3-8H2,1-2H3. The predicted molar refractivity (Wildman–Crippen MR) is 78.9 cm³/mol. The molecule has 2 atom stereocenters. The number of halogens is 1. The Bertz CT molecular complexity index is 467. The highest BCUT2D eigenvalue weighted by atomic mass is 79.9. The molecule has 2 aliphatic carbocycles. The summed E-state index contributed by atoms with van der Waals surface area (Å²) in [4.78, 5) is 0. The van der Waals surface area contributed by atoms with Crippen LogP contribution >= 0.6 is 15.9 Å². The van der Waals surface area contributed by atoms with Crippen LogP contribution in [0.15, 0.2) is 10.7 Å². The van der Waals surface area contributed by atoms with E-state index in [1.54, 1.807) is 0 Å². The summed E-state index contributed by atoms with van der Waals surface area (Å²) >= 11 is 3.59. The van der Waals surface area contributed by atoms with Crippen molar-refractivity contribution in [2.45, 2.75) is 64.0 Å². The van der Waals surface area contributed by atoms with Crippen LogP contribution in [0.5, 0.6) is 0 Å². The summed E-state index contributed by atoms with van der Waals surface area (Å²) in [5, 5.41) is 15.6. The molecular formula is C15H23BrN2O. The Morgan fingerprint density at radius 1 is 1.37 bits per heavy atom. The van der Waals surface area contributed by atoms with Gasteiger partial charge in [-0.25, -0.2) is 0 Å². The van der Waals surface area contributed by atoms with Gasteiger partial charge in [0.1, 0.15) is 5.60 Å². The maximum Gasteiger partial charge on any atom is 0.108 e. The predicted octanol–water partition coefficient (Wildman–Crippen LogP) is 4.01. The minimum Gasteiger partial charge on any atom is -0.384 e. The van der Waals surface area contributed by atoms with Crippen molar-refractivity contribution >= 4 is 15.9 Å². The molecule has 2 aliphatic rings. The fourth-order valence-corrected chi connectivity index (χ4v) is 4.29. The van der Waals surface area contributed by atoms with Crippen LogP contribution in [-0.2, 0) is 5.60 Å². The molecule has 0 spiro atoms. The van der Waals surface area contributed by atoms with Gasteiger partial charge in [0, 0.05) is 6.04 Å². The zero-order chi connectivity index (χ0) is 13.6. The van der Waals surface area contributed by atoms with E-state index in [1.165, 1.54) is 19.3 Å². The number of aromatic nitrogens is 2. The van der Waals surface area contributed by atoms with E-state index in [1.807, 2.05) is 10.9 Å². The quantitative estimate of drug-likeness (QED) is 0.911. The van der Waals surface area contributed by atoms with Gasteiger partial charge in [0.25, 0.3) is 0 Å². The van der Waals surface area contributed by atoms with Crippen LogP contribution in [0.2, 0.25) is 0 Å². The fourth-order valence-electron chi connectivity index (χ4n) is 3.65. The summed E-state index contributed by atoms with van der Waals surface area (Å²) in [5.41, 5.74) is 0.304. The summed E-state index contributed by atoms with van der Waals surface area (Å²) < 4.78 is 2.94. The Morgan fingerprint density at radius 2 is 2.11 bits per heavy atom. The van der Waals surface area contributed by atoms with Crippen molar-refractivity contribution in [3.8, 4) is 0 Å². The molecule has 3 rings (SSSR count). The zero-order valence-corrected chi connectivity index (χ0v) is 13.4. The molecule has 4 heteroatoms. The van der Waals surface area contributed by atoms with Crippen molar-refractivity contribution < 1.29 is 5.11 Å². The van der Waals surface area contributed by atoms with Crippen LogP contribution in [0.4, 0.5) is 0 Å². The van der Waals surface area contributed by atoms with Gasteiger partial charge in [-0.1, -0.05) is 0 Å². The highest BCUT2D eigenvalue weighted by Gasteiger charge is 2.44. The molecule has 1 heterocycles. The van der Waals surface area contributed by atoms with Gasteiger partial charge in [-0.15, -0.1) is 0 Å². The lowest BCUT2D eigenvalue weighted by atomic mass is 9.74. The largest absolute Gasteiger partial charge is 0.384 e. The van der Waals surface area contributed by atoms with E-state index in [-0.39, 0.29) is 6.04 Å². The van der Waals surface area contributed by atoms with E-state index in [0.29, 0.717) is 5.92 Å². The van der Waals surface area contributed by atoms with Crippen molar-refractivity contribution in [1.82, 2.24) is 9.78 Å². The number of hydrogen-bond acceptors (Lipinski definition) is 2. The topological polar surface area (TPSA) is 38.0 Å². The molecule has 2 saturated carbocycles. The maximum atomic E-state index is 11.2. The normalized spacial score (nSPS) is 31.9. The lowest BCUT2D eigenvalue weighted by Gasteiger charge is -2.38. The smallest absolute Gasteiger partial charge is 0.108 e. The molecule has 0 bridgehead atoms. The van der Waals surface area contributed by atoms with Crippen LogP contribution in [0, 0.1) is 11.8 Å². The van der Waals surface area contributed by atoms with Crippen molar-refractivity contribution in [3.05, 3.63) is 16.4 Å². The van der Waals surface area contributed by atoms with Crippen LogP contribution in [0.25, 0.3) is 0 Å². The molecule has 19 heavy (non-hydrogen) atoms. The third-order valence-corrected chi connectivity index (χ3v) is 5.31. The average molecular weight is 327 g/mol. The Morgan fingerprint density at radius 3 is 2.74 bits per heavy atom. The SMILES string of the molecule is CC(C)n1ncc(Br)c1C1(O)CCCC(C2CC2)C1. The van der Waals surface area contributed by atoms with Gasteiger partial charge in [-0.05, 0) is 80.1 Å². The molecule has 2 fully saturated rings. The summed E-state index contributed by atoms with van der Waals surface area (Å²) in [5.74, 6) is 1.59. The number of nitrogens with zero attached hydrogens (tertiary/aromatic N) is 2. The first-order valence-electron chi connectivity index (χ1n) is 7.47. The zero-order valence-electron chi connectivity index (χ0n) is 11.8. The number of aliphatic hydroxyl groups is 1. The minimum atomic E-state index is -0.689. The third kappa shape index (κ3) is 2.49. The van der Waals surface area contributed by atoms with E-state index in [4.69, 9.17) is 0 Å². The molecule has 3 nitrogen and oxygen atoms in total. The monoisotopic (exact) mass is 326 g/mol. The molecular weight excluding hydrogens is 304 g/mol. The molecule has 0 aromatic carbocycles. The Kier molecular flexibility index (Phi) is 3.50. The second kappa shape index (κ2) is 4.88. The highest BCUT2D eigenvalue weighted by molar-refractivity contribution is 9.10. The first-order valence-corrected chi connectivity index (χ1v) is 8.26. The second-order valence-electron chi connectivity index (χ2n) is 6.60. The molecule has 1 aromatic heterocycles. The average Bonchev–Trinajstić information content (AvgIpc) is 3.12. The van der Waals surface area contributed by atoms with Crippen molar-refractivity contribution in [3.63, 3.8) is 0 Å². The van der Waals surface area contributed by atoms with Gasteiger partial charge in [-0.2, -0.15) is 5.10 Å². The molecule has 2 unspecified atom stereocenters. The second-order valence-corrected chi connectivity index (χ2v) is 7.46. The third-order valence-electron chi connectivity index (χ3n) is 4.73. The van der Waals surface area contributed by atoms with Gasteiger partial charge in [0.15, 0.2) is 0 Å².